The smallest absolute Gasteiger partial charge is 0.208 e. The zero-order valence-electron chi connectivity index (χ0n) is 15.3. The molecule has 1 aliphatic rings. The van der Waals surface area contributed by atoms with Gasteiger partial charge in [-0.2, -0.15) is 0 Å². The number of nitrogens with one attached hydrogen (secondary N) is 2. The summed E-state index contributed by atoms with van der Waals surface area (Å²) in [6, 6.07) is 18.5. The lowest BCUT2D eigenvalue weighted by Crippen LogP contribution is -2.43. The zero-order chi connectivity index (χ0) is 18.9. The molecule has 140 valence electrons. The topological polar surface area (TPSA) is 61.4 Å². The van der Waals surface area contributed by atoms with Gasteiger partial charge >= 0.3 is 0 Å². The van der Waals surface area contributed by atoms with Crippen LogP contribution in [-0.4, -0.2) is 41.6 Å². The fourth-order valence-corrected chi connectivity index (χ4v) is 5.21. The molecule has 1 saturated heterocycles. The fraction of sp³-hybridized carbons (Fsp3) is 0.238. The minimum absolute atomic E-state index is 0.308. The SMILES string of the molecule is CNc1c(S(=O)(=O)c2ccccc2)cc(N2CCNCC2)c2ccccc12. The Balaban J connectivity index is 2.00. The van der Waals surface area contributed by atoms with Crippen molar-refractivity contribution in [1.82, 2.24) is 5.32 Å². The first-order valence-corrected chi connectivity index (χ1v) is 10.6. The molecule has 0 saturated carbocycles. The van der Waals surface area contributed by atoms with Crippen LogP contribution in [0.2, 0.25) is 0 Å². The average Bonchev–Trinajstić information content (AvgIpc) is 2.73. The quantitative estimate of drug-likeness (QED) is 0.727. The van der Waals surface area contributed by atoms with E-state index in [0.29, 0.717) is 15.5 Å². The van der Waals surface area contributed by atoms with E-state index in [1.807, 2.05) is 30.3 Å². The van der Waals surface area contributed by atoms with E-state index < -0.39 is 9.84 Å². The van der Waals surface area contributed by atoms with Gasteiger partial charge in [-0.15, -0.1) is 0 Å². The maximum absolute atomic E-state index is 13.4. The second-order valence-electron chi connectivity index (χ2n) is 6.62. The van der Waals surface area contributed by atoms with Crippen molar-refractivity contribution >= 4 is 32.0 Å². The molecule has 3 aromatic rings. The third kappa shape index (κ3) is 3.15. The monoisotopic (exact) mass is 381 g/mol. The largest absolute Gasteiger partial charge is 0.387 e. The van der Waals surface area contributed by atoms with Gasteiger partial charge in [0.15, 0.2) is 0 Å². The van der Waals surface area contributed by atoms with E-state index in [1.165, 1.54) is 0 Å². The van der Waals surface area contributed by atoms with Crippen LogP contribution in [0.4, 0.5) is 11.4 Å². The van der Waals surface area contributed by atoms with Gasteiger partial charge in [-0.05, 0) is 18.2 Å². The zero-order valence-corrected chi connectivity index (χ0v) is 16.1. The van der Waals surface area contributed by atoms with Crippen LogP contribution in [0.3, 0.4) is 0 Å². The molecular formula is C21H23N3O2S. The van der Waals surface area contributed by atoms with Crippen LogP contribution < -0.4 is 15.5 Å². The van der Waals surface area contributed by atoms with Crippen molar-refractivity contribution in [3.8, 4) is 0 Å². The van der Waals surface area contributed by atoms with E-state index in [0.717, 1.165) is 42.6 Å². The van der Waals surface area contributed by atoms with E-state index in [2.05, 4.69) is 21.6 Å². The molecule has 0 atom stereocenters. The summed E-state index contributed by atoms with van der Waals surface area (Å²) in [4.78, 5) is 2.90. The molecule has 3 aromatic carbocycles. The Bertz CT molecular complexity index is 1060. The molecule has 0 radical (unpaired) electrons. The number of fused-ring (bicyclic) bond motifs is 1. The number of hydrogen-bond donors (Lipinski definition) is 2. The van der Waals surface area contributed by atoms with Crippen molar-refractivity contribution in [2.45, 2.75) is 9.79 Å². The molecule has 0 aromatic heterocycles. The Labute approximate surface area is 159 Å². The molecule has 0 spiro atoms. The van der Waals surface area contributed by atoms with Crippen molar-refractivity contribution in [2.75, 3.05) is 43.4 Å². The van der Waals surface area contributed by atoms with Crippen LogP contribution in [0.25, 0.3) is 10.8 Å². The lowest BCUT2D eigenvalue weighted by Gasteiger charge is -2.31. The Morgan fingerprint density at radius 3 is 2.22 bits per heavy atom. The summed E-state index contributed by atoms with van der Waals surface area (Å²) < 4.78 is 26.8. The molecule has 0 bridgehead atoms. The Morgan fingerprint density at radius 2 is 1.56 bits per heavy atom. The van der Waals surface area contributed by atoms with E-state index >= 15 is 0 Å². The van der Waals surface area contributed by atoms with Crippen molar-refractivity contribution in [3.05, 3.63) is 60.7 Å². The van der Waals surface area contributed by atoms with Crippen LogP contribution in [0.5, 0.6) is 0 Å². The average molecular weight is 382 g/mol. The summed E-state index contributed by atoms with van der Waals surface area (Å²) in [5.74, 6) is 0. The fourth-order valence-electron chi connectivity index (χ4n) is 3.70. The molecular weight excluding hydrogens is 358 g/mol. The predicted molar refractivity (Wildman–Crippen MR) is 110 cm³/mol. The second kappa shape index (κ2) is 7.21. The molecule has 4 rings (SSSR count). The van der Waals surface area contributed by atoms with E-state index in [4.69, 9.17) is 0 Å². The van der Waals surface area contributed by atoms with Gasteiger partial charge < -0.3 is 15.5 Å². The summed E-state index contributed by atoms with van der Waals surface area (Å²) in [7, 11) is -1.87. The van der Waals surface area contributed by atoms with Gasteiger partial charge in [0.05, 0.1) is 15.5 Å². The van der Waals surface area contributed by atoms with Gasteiger partial charge in [0.2, 0.25) is 9.84 Å². The molecule has 27 heavy (non-hydrogen) atoms. The summed E-state index contributed by atoms with van der Waals surface area (Å²) >= 11 is 0. The normalized spacial score (nSPS) is 15.1. The number of nitrogens with zero attached hydrogens (tertiary/aromatic N) is 1. The number of anilines is 2. The maximum atomic E-state index is 13.4. The van der Waals surface area contributed by atoms with Crippen molar-refractivity contribution in [2.24, 2.45) is 0 Å². The molecule has 0 amide bonds. The maximum Gasteiger partial charge on any atom is 0.208 e. The van der Waals surface area contributed by atoms with Gasteiger partial charge in [0, 0.05) is 49.7 Å². The van der Waals surface area contributed by atoms with Gasteiger partial charge in [-0.1, -0.05) is 42.5 Å². The third-order valence-electron chi connectivity index (χ3n) is 5.04. The van der Waals surface area contributed by atoms with Crippen LogP contribution >= 0.6 is 0 Å². The molecule has 1 aliphatic heterocycles. The molecule has 1 fully saturated rings. The minimum atomic E-state index is -3.64. The lowest BCUT2D eigenvalue weighted by atomic mass is 10.1. The van der Waals surface area contributed by atoms with Gasteiger partial charge in [0.1, 0.15) is 0 Å². The highest BCUT2D eigenvalue weighted by molar-refractivity contribution is 7.91. The highest BCUT2D eigenvalue weighted by atomic mass is 32.2. The summed E-state index contributed by atoms with van der Waals surface area (Å²) in [5, 5.41) is 8.48. The molecule has 6 heteroatoms. The van der Waals surface area contributed by atoms with Crippen molar-refractivity contribution in [3.63, 3.8) is 0 Å². The van der Waals surface area contributed by atoms with E-state index in [1.54, 1.807) is 31.3 Å². The first kappa shape index (κ1) is 17.8. The molecule has 5 nitrogen and oxygen atoms in total. The van der Waals surface area contributed by atoms with Gasteiger partial charge in [0.25, 0.3) is 0 Å². The van der Waals surface area contributed by atoms with Crippen molar-refractivity contribution < 1.29 is 8.42 Å². The predicted octanol–water partition coefficient (Wildman–Crippen LogP) is 3.12. The van der Waals surface area contributed by atoms with Crippen LogP contribution in [0.1, 0.15) is 0 Å². The highest BCUT2D eigenvalue weighted by Gasteiger charge is 2.26. The van der Waals surface area contributed by atoms with Crippen molar-refractivity contribution in [1.29, 1.82) is 0 Å². The van der Waals surface area contributed by atoms with Crippen LogP contribution in [-0.2, 0) is 9.84 Å². The highest BCUT2D eigenvalue weighted by Crippen LogP contribution is 2.39. The van der Waals surface area contributed by atoms with Crippen LogP contribution in [0.15, 0.2) is 70.5 Å². The lowest BCUT2D eigenvalue weighted by molar-refractivity contribution is 0.588. The summed E-state index contributed by atoms with van der Waals surface area (Å²) in [6.07, 6.45) is 0. The summed E-state index contributed by atoms with van der Waals surface area (Å²) in [6.45, 7) is 3.49. The van der Waals surface area contributed by atoms with E-state index in [-0.39, 0.29) is 0 Å². The van der Waals surface area contributed by atoms with E-state index in [9.17, 15) is 8.42 Å². The number of sulfone groups is 1. The third-order valence-corrected chi connectivity index (χ3v) is 6.83. The Hall–Kier alpha value is -2.57. The Morgan fingerprint density at radius 1 is 0.926 bits per heavy atom. The molecule has 0 unspecified atom stereocenters. The second-order valence-corrected chi connectivity index (χ2v) is 8.54. The minimum Gasteiger partial charge on any atom is -0.387 e. The van der Waals surface area contributed by atoms with Crippen LogP contribution in [0, 0.1) is 0 Å². The molecule has 0 aliphatic carbocycles. The summed E-state index contributed by atoms with van der Waals surface area (Å²) in [5.41, 5.74) is 1.62. The number of rotatable bonds is 4. The molecule has 2 N–H and O–H groups in total. The Kier molecular flexibility index (Phi) is 4.76. The van der Waals surface area contributed by atoms with Gasteiger partial charge in [-0.3, -0.25) is 0 Å². The molecule has 1 heterocycles. The number of piperazine rings is 1. The number of hydrogen-bond acceptors (Lipinski definition) is 5. The standard InChI is InChI=1S/C21H23N3O2S/c1-22-21-18-10-6-5-9-17(18)19(24-13-11-23-12-14-24)15-20(21)27(25,26)16-7-3-2-4-8-16/h2-10,15,22-23H,11-14H2,1H3. The first-order valence-electron chi connectivity index (χ1n) is 9.12. The van der Waals surface area contributed by atoms with Gasteiger partial charge in [-0.25, -0.2) is 8.42 Å². The first-order chi connectivity index (χ1) is 13.1. The number of benzene rings is 3.